The van der Waals surface area contributed by atoms with Crippen LogP contribution in [0.2, 0.25) is 0 Å². The third kappa shape index (κ3) is 5.75. The maximum Gasteiger partial charge on any atom is 0.290 e. The zero-order chi connectivity index (χ0) is 26.0. The molecule has 0 aliphatic carbocycles. The Morgan fingerprint density at radius 2 is 1.60 bits per heavy atom. The molecule has 0 saturated heterocycles. The molecule has 1 heterocycles. The largest absolute Gasteiger partial charge is 0.290 e. The highest BCUT2D eigenvalue weighted by molar-refractivity contribution is 7.89. The first kappa shape index (κ1) is 26.0. The molecule has 35 heavy (non-hydrogen) atoms. The second-order valence-electron chi connectivity index (χ2n) is 9.08. The fourth-order valence-electron chi connectivity index (χ4n) is 3.39. The summed E-state index contributed by atoms with van der Waals surface area (Å²) < 4.78 is 28.8. The standard InChI is InChI=1S/C24H29N5O5S/c1-6-29-23(32)19-10-8-7-9-18(19)20(27-29)22(31)26-25-21(30)15(2)28-35(33,34)17-13-11-16(12-14-17)24(3,4)5/h7-15,28H,6H2,1-5H3,(H,25,30)(H,26,31). The van der Waals surface area contributed by atoms with Crippen LogP contribution in [0.4, 0.5) is 0 Å². The van der Waals surface area contributed by atoms with Crippen LogP contribution >= 0.6 is 0 Å². The third-order valence-electron chi connectivity index (χ3n) is 5.44. The van der Waals surface area contributed by atoms with E-state index >= 15 is 0 Å². The number of carbonyl (C=O) groups is 2. The van der Waals surface area contributed by atoms with Gasteiger partial charge in [0, 0.05) is 11.9 Å². The number of nitrogens with zero attached hydrogens (tertiary/aromatic N) is 2. The highest BCUT2D eigenvalue weighted by Crippen LogP contribution is 2.23. The van der Waals surface area contributed by atoms with Crippen LogP contribution in [0.5, 0.6) is 0 Å². The lowest BCUT2D eigenvalue weighted by atomic mass is 9.87. The number of hydrazine groups is 1. The molecular weight excluding hydrogens is 470 g/mol. The van der Waals surface area contributed by atoms with Gasteiger partial charge in [0.05, 0.1) is 16.3 Å². The number of hydrogen-bond donors (Lipinski definition) is 3. The van der Waals surface area contributed by atoms with Crippen molar-refractivity contribution < 1.29 is 18.0 Å². The van der Waals surface area contributed by atoms with E-state index in [0.717, 1.165) is 10.2 Å². The summed E-state index contributed by atoms with van der Waals surface area (Å²) in [5, 5.41) is 4.75. The van der Waals surface area contributed by atoms with Crippen LogP contribution in [0.3, 0.4) is 0 Å². The number of rotatable bonds is 6. The van der Waals surface area contributed by atoms with E-state index in [4.69, 9.17) is 0 Å². The molecule has 1 unspecified atom stereocenters. The minimum Gasteiger partial charge on any atom is -0.271 e. The Bertz CT molecular complexity index is 1420. The maximum absolute atomic E-state index is 12.7. The zero-order valence-electron chi connectivity index (χ0n) is 20.2. The summed E-state index contributed by atoms with van der Waals surface area (Å²) >= 11 is 0. The van der Waals surface area contributed by atoms with E-state index < -0.39 is 27.9 Å². The first-order valence-electron chi connectivity index (χ1n) is 11.1. The third-order valence-corrected chi connectivity index (χ3v) is 6.99. The molecule has 2 aromatic carbocycles. The van der Waals surface area contributed by atoms with Gasteiger partial charge in [0.1, 0.15) is 0 Å². The molecule has 10 nitrogen and oxygen atoms in total. The van der Waals surface area contributed by atoms with Gasteiger partial charge in [-0.3, -0.25) is 25.2 Å². The van der Waals surface area contributed by atoms with E-state index in [1.165, 1.54) is 19.1 Å². The average molecular weight is 500 g/mol. The lowest BCUT2D eigenvalue weighted by Crippen LogP contribution is -2.51. The fraction of sp³-hybridized carbons (Fsp3) is 0.333. The van der Waals surface area contributed by atoms with Gasteiger partial charge in [-0.25, -0.2) is 13.1 Å². The molecule has 3 N–H and O–H groups in total. The summed E-state index contributed by atoms with van der Waals surface area (Å²) in [6.45, 7) is 9.39. The van der Waals surface area contributed by atoms with Gasteiger partial charge in [-0.1, -0.05) is 51.1 Å². The van der Waals surface area contributed by atoms with Gasteiger partial charge in [-0.2, -0.15) is 9.82 Å². The summed E-state index contributed by atoms with van der Waals surface area (Å²) in [6.07, 6.45) is 0. The van der Waals surface area contributed by atoms with Crippen LogP contribution in [-0.4, -0.2) is 36.1 Å². The van der Waals surface area contributed by atoms with Crippen LogP contribution in [0.25, 0.3) is 10.8 Å². The average Bonchev–Trinajstić information content (AvgIpc) is 2.82. The Hall–Kier alpha value is -3.57. The van der Waals surface area contributed by atoms with Crippen molar-refractivity contribution >= 4 is 32.6 Å². The second-order valence-corrected chi connectivity index (χ2v) is 10.8. The summed E-state index contributed by atoms with van der Waals surface area (Å²) in [7, 11) is -3.97. The van der Waals surface area contributed by atoms with E-state index in [9.17, 15) is 22.8 Å². The molecule has 3 aromatic rings. The van der Waals surface area contributed by atoms with Gasteiger partial charge in [0.25, 0.3) is 17.4 Å². The van der Waals surface area contributed by atoms with Crippen molar-refractivity contribution in [3.05, 3.63) is 70.1 Å². The van der Waals surface area contributed by atoms with E-state index in [1.807, 2.05) is 20.8 Å². The van der Waals surface area contributed by atoms with E-state index in [0.29, 0.717) is 10.8 Å². The Labute approximate surface area is 203 Å². The Kier molecular flexibility index (Phi) is 7.41. The van der Waals surface area contributed by atoms with E-state index in [-0.39, 0.29) is 28.1 Å². The number of carbonyl (C=O) groups excluding carboxylic acids is 2. The monoisotopic (exact) mass is 499 g/mol. The maximum atomic E-state index is 12.7. The summed E-state index contributed by atoms with van der Waals surface area (Å²) in [4.78, 5) is 37.7. The minimum atomic E-state index is -3.97. The molecule has 0 radical (unpaired) electrons. The molecule has 0 bridgehead atoms. The topological polar surface area (TPSA) is 139 Å². The van der Waals surface area contributed by atoms with Crippen molar-refractivity contribution in [2.75, 3.05) is 0 Å². The Morgan fingerprint density at radius 3 is 2.17 bits per heavy atom. The van der Waals surface area contributed by atoms with Gasteiger partial charge >= 0.3 is 0 Å². The van der Waals surface area contributed by atoms with Crippen molar-refractivity contribution in [3.63, 3.8) is 0 Å². The lowest BCUT2D eigenvalue weighted by molar-refractivity contribution is -0.123. The van der Waals surface area contributed by atoms with Crippen LogP contribution in [0, 0.1) is 0 Å². The van der Waals surface area contributed by atoms with Gasteiger partial charge in [-0.05, 0) is 43.0 Å². The number of hydrogen-bond acceptors (Lipinski definition) is 6. The molecule has 0 aliphatic rings. The van der Waals surface area contributed by atoms with Gasteiger partial charge in [0.2, 0.25) is 10.0 Å². The number of aryl methyl sites for hydroxylation is 1. The van der Waals surface area contributed by atoms with Crippen molar-refractivity contribution in [1.82, 2.24) is 25.4 Å². The van der Waals surface area contributed by atoms with E-state index in [1.54, 1.807) is 43.3 Å². The molecule has 1 atom stereocenters. The molecule has 1 aromatic heterocycles. The van der Waals surface area contributed by atoms with Crippen molar-refractivity contribution in [1.29, 1.82) is 0 Å². The van der Waals surface area contributed by atoms with Gasteiger partial charge < -0.3 is 0 Å². The molecule has 0 aliphatic heterocycles. The molecule has 0 saturated carbocycles. The molecule has 186 valence electrons. The summed E-state index contributed by atoms with van der Waals surface area (Å²) in [5.41, 5.74) is 4.91. The lowest BCUT2D eigenvalue weighted by Gasteiger charge is -2.19. The SMILES string of the molecule is CCn1nc(C(=O)NNC(=O)C(C)NS(=O)(=O)c2ccc(C(C)(C)C)cc2)c2ccccc2c1=O. The van der Waals surface area contributed by atoms with Crippen LogP contribution < -0.4 is 21.1 Å². The predicted octanol–water partition coefficient (Wildman–Crippen LogP) is 1.84. The number of aromatic nitrogens is 2. The first-order valence-corrected chi connectivity index (χ1v) is 12.6. The van der Waals surface area contributed by atoms with Crippen molar-refractivity contribution in [3.8, 4) is 0 Å². The summed E-state index contributed by atoms with van der Waals surface area (Å²) in [5.74, 6) is -1.52. The smallest absolute Gasteiger partial charge is 0.271 e. The molecular formula is C24H29N5O5S. The number of benzene rings is 2. The highest BCUT2D eigenvalue weighted by Gasteiger charge is 2.24. The van der Waals surface area contributed by atoms with Crippen LogP contribution in [0.1, 0.15) is 50.7 Å². The second kappa shape index (κ2) is 9.96. The first-order chi connectivity index (χ1) is 16.3. The molecule has 11 heteroatoms. The van der Waals surface area contributed by atoms with E-state index in [2.05, 4.69) is 20.7 Å². The van der Waals surface area contributed by atoms with Crippen molar-refractivity contribution in [2.45, 2.75) is 57.5 Å². The zero-order valence-corrected chi connectivity index (χ0v) is 21.1. The molecule has 0 spiro atoms. The highest BCUT2D eigenvalue weighted by atomic mass is 32.2. The normalized spacial score (nSPS) is 12.8. The Morgan fingerprint density at radius 1 is 1.00 bits per heavy atom. The number of sulfonamides is 1. The summed E-state index contributed by atoms with van der Waals surface area (Å²) in [6, 6.07) is 11.8. The molecule has 0 fully saturated rings. The van der Waals surface area contributed by atoms with Gasteiger partial charge in [-0.15, -0.1) is 0 Å². The predicted molar refractivity (Wildman–Crippen MR) is 132 cm³/mol. The minimum absolute atomic E-state index is 0.0201. The quantitative estimate of drug-likeness (QED) is 0.442. The van der Waals surface area contributed by atoms with Crippen molar-refractivity contribution in [2.24, 2.45) is 0 Å². The number of fused-ring (bicyclic) bond motifs is 1. The fourth-order valence-corrected chi connectivity index (χ4v) is 4.59. The molecule has 3 rings (SSSR count). The van der Waals surface area contributed by atoms with Gasteiger partial charge in [0.15, 0.2) is 5.69 Å². The molecule has 2 amide bonds. The van der Waals surface area contributed by atoms with Crippen LogP contribution in [0.15, 0.2) is 58.2 Å². The number of amides is 2. The number of nitrogens with one attached hydrogen (secondary N) is 3. The Balaban J connectivity index is 1.70. The van der Waals surface area contributed by atoms with Crippen LogP contribution in [-0.2, 0) is 26.8 Å².